The van der Waals surface area contributed by atoms with Crippen molar-refractivity contribution in [2.45, 2.75) is 32.0 Å². The Kier molecular flexibility index (Phi) is 4.39. The van der Waals surface area contributed by atoms with Gasteiger partial charge in [-0.2, -0.15) is 0 Å². The van der Waals surface area contributed by atoms with Crippen LogP contribution >= 0.6 is 0 Å². The minimum absolute atomic E-state index is 0.197. The Morgan fingerprint density at radius 1 is 0.913 bits per heavy atom. The summed E-state index contributed by atoms with van der Waals surface area (Å²) in [6.07, 6.45) is 10.3. The van der Waals surface area contributed by atoms with Crippen LogP contribution in [0.2, 0.25) is 0 Å². The van der Waals surface area contributed by atoms with Crippen molar-refractivity contribution in [2.75, 3.05) is 13.2 Å². The van der Waals surface area contributed by atoms with Crippen molar-refractivity contribution < 1.29 is 9.47 Å². The molecule has 2 nitrogen and oxygen atoms in total. The minimum atomic E-state index is -0.200. The van der Waals surface area contributed by atoms with Gasteiger partial charge in [-0.1, -0.05) is 56.0 Å². The average molecular weight is 304 g/mol. The molecule has 0 N–H and O–H groups in total. The molecule has 2 aliphatic carbocycles. The molecular weight excluding hydrogens is 284 g/mol. The van der Waals surface area contributed by atoms with E-state index in [1.165, 1.54) is 16.3 Å². The van der Waals surface area contributed by atoms with Gasteiger partial charge in [-0.05, 0) is 33.4 Å². The van der Waals surface area contributed by atoms with Gasteiger partial charge in [0.05, 0.1) is 0 Å². The molecule has 0 amide bonds. The molecule has 2 bridgehead atoms. The molecule has 0 saturated heterocycles. The van der Waals surface area contributed by atoms with Crippen molar-refractivity contribution >= 4 is 10.8 Å². The van der Waals surface area contributed by atoms with Gasteiger partial charge in [0.2, 0.25) is 0 Å². The summed E-state index contributed by atoms with van der Waals surface area (Å²) < 4.78 is 11.8. The monoisotopic (exact) mass is 304 g/mol. The van der Waals surface area contributed by atoms with Gasteiger partial charge < -0.3 is 9.47 Å². The molecule has 0 saturated carbocycles. The normalized spacial score (nSPS) is 19.0. The number of fused-ring (bicyclic) bond motifs is 2. The molecule has 2 heteroatoms. The van der Waals surface area contributed by atoms with Crippen LogP contribution in [-0.2, 0) is 9.47 Å². The number of hydrogen-bond donors (Lipinski definition) is 0. The molecule has 0 aromatic heterocycles. The van der Waals surface area contributed by atoms with Gasteiger partial charge in [0.1, 0.15) is 25.4 Å². The fourth-order valence-corrected chi connectivity index (χ4v) is 3.22. The van der Waals surface area contributed by atoms with Gasteiger partial charge in [0.15, 0.2) is 0 Å². The number of rotatable bonds is 5. The van der Waals surface area contributed by atoms with Crippen molar-refractivity contribution in [3.8, 4) is 24.7 Å². The number of hydrogen-bond acceptors (Lipinski definition) is 2. The van der Waals surface area contributed by atoms with E-state index < -0.39 is 0 Å². The Morgan fingerprint density at radius 2 is 1.48 bits per heavy atom. The summed E-state index contributed by atoms with van der Waals surface area (Å²) >= 11 is 0. The summed E-state index contributed by atoms with van der Waals surface area (Å²) in [6.45, 7) is 4.90. The van der Waals surface area contributed by atoms with Crippen LogP contribution in [0, 0.1) is 24.7 Å². The van der Waals surface area contributed by atoms with E-state index >= 15 is 0 Å². The predicted octanol–water partition coefficient (Wildman–Crippen LogP) is 4.36. The molecule has 23 heavy (non-hydrogen) atoms. The van der Waals surface area contributed by atoms with Crippen LogP contribution in [0.25, 0.3) is 10.8 Å². The Bertz CT molecular complexity index is 805. The quantitative estimate of drug-likeness (QED) is 0.764. The third-order valence-corrected chi connectivity index (χ3v) is 4.36. The molecule has 2 unspecified atom stereocenters. The van der Waals surface area contributed by atoms with E-state index in [0.717, 1.165) is 11.1 Å². The summed E-state index contributed by atoms with van der Waals surface area (Å²) in [7, 11) is 0. The van der Waals surface area contributed by atoms with E-state index in [-0.39, 0.29) is 25.4 Å². The lowest BCUT2D eigenvalue weighted by atomic mass is 9.82. The standard InChI is InChI=1S/C21H20O2/c1-5-11-22-20-17-9-10-18(21(20)23-12-6-2)19-13-15(14(3)4)7-8-16(17)19/h1-2,7-10,13-14,20-21H,11-12H2,3-4H3. The highest BCUT2D eigenvalue weighted by Gasteiger charge is 2.34. The van der Waals surface area contributed by atoms with E-state index in [0.29, 0.717) is 5.92 Å². The summed E-state index contributed by atoms with van der Waals surface area (Å²) in [5.41, 5.74) is 3.55. The first-order chi connectivity index (χ1) is 11.2. The van der Waals surface area contributed by atoms with Crippen LogP contribution in [0.3, 0.4) is 0 Å². The largest absolute Gasteiger partial charge is 0.358 e. The van der Waals surface area contributed by atoms with E-state index in [9.17, 15) is 0 Å². The zero-order valence-corrected chi connectivity index (χ0v) is 13.5. The molecule has 0 aliphatic heterocycles. The number of benzene rings is 2. The molecule has 2 aliphatic rings. The lowest BCUT2D eigenvalue weighted by molar-refractivity contribution is -0.0611. The Balaban J connectivity index is 2.12. The lowest BCUT2D eigenvalue weighted by Crippen LogP contribution is -2.23. The summed E-state index contributed by atoms with van der Waals surface area (Å²) in [5, 5.41) is 2.42. The van der Waals surface area contributed by atoms with Gasteiger partial charge in [-0.25, -0.2) is 0 Å². The average Bonchev–Trinajstić information content (AvgIpc) is 2.58. The topological polar surface area (TPSA) is 18.5 Å². The summed E-state index contributed by atoms with van der Waals surface area (Å²) in [5.74, 6) is 5.55. The van der Waals surface area contributed by atoms with Crippen LogP contribution in [-0.4, -0.2) is 13.2 Å². The molecule has 2 aromatic rings. The van der Waals surface area contributed by atoms with Crippen molar-refractivity contribution in [3.63, 3.8) is 0 Å². The van der Waals surface area contributed by atoms with Gasteiger partial charge in [0.25, 0.3) is 0 Å². The fraction of sp³-hybridized carbons (Fsp3) is 0.333. The lowest BCUT2D eigenvalue weighted by Gasteiger charge is -2.34. The van der Waals surface area contributed by atoms with Crippen LogP contribution < -0.4 is 0 Å². The maximum Gasteiger partial charge on any atom is 0.115 e. The SMILES string of the molecule is C#CCOC1c2ccc(c3cc(C(C)C)ccc23)C1OCC#C. The third-order valence-electron chi connectivity index (χ3n) is 4.36. The molecule has 0 heterocycles. The molecule has 116 valence electrons. The maximum atomic E-state index is 5.89. The van der Waals surface area contributed by atoms with Gasteiger partial charge in [-0.15, -0.1) is 12.8 Å². The smallest absolute Gasteiger partial charge is 0.115 e. The zero-order valence-electron chi connectivity index (χ0n) is 13.5. The van der Waals surface area contributed by atoms with E-state index in [4.69, 9.17) is 22.3 Å². The van der Waals surface area contributed by atoms with Crippen LogP contribution in [0.1, 0.15) is 48.7 Å². The van der Waals surface area contributed by atoms with Crippen LogP contribution in [0.4, 0.5) is 0 Å². The highest BCUT2D eigenvalue weighted by atomic mass is 16.5. The molecule has 0 radical (unpaired) electrons. The summed E-state index contributed by atoms with van der Waals surface area (Å²) in [6, 6.07) is 10.8. The first-order valence-corrected chi connectivity index (χ1v) is 7.84. The van der Waals surface area contributed by atoms with Gasteiger partial charge >= 0.3 is 0 Å². The van der Waals surface area contributed by atoms with Crippen molar-refractivity contribution in [2.24, 2.45) is 0 Å². The minimum Gasteiger partial charge on any atom is -0.358 e. The first kappa shape index (κ1) is 15.6. The Hall–Kier alpha value is -2.26. The van der Waals surface area contributed by atoms with E-state index in [1.807, 2.05) is 0 Å². The predicted molar refractivity (Wildman–Crippen MR) is 93.1 cm³/mol. The maximum absolute atomic E-state index is 5.89. The second kappa shape index (κ2) is 6.47. The molecule has 0 spiro atoms. The molecule has 4 rings (SSSR count). The Morgan fingerprint density at radius 3 is 2.00 bits per heavy atom. The van der Waals surface area contributed by atoms with Crippen molar-refractivity contribution in [1.29, 1.82) is 0 Å². The van der Waals surface area contributed by atoms with Crippen molar-refractivity contribution in [3.05, 3.63) is 47.0 Å². The first-order valence-electron chi connectivity index (χ1n) is 7.84. The van der Waals surface area contributed by atoms with Gasteiger partial charge in [0, 0.05) is 0 Å². The fourth-order valence-electron chi connectivity index (χ4n) is 3.22. The highest BCUT2D eigenvalue weighted by molar-refractivity contribution is 5.92. The molecular formula is C21H20O2. The van der Waals surface area contributed by atoms with Crippen molar-refractivity contribution in [1.82, 2.24) is 0 Å². The second-order valence-electron chi connectivity index (χ2n) is 6.08. The second-order valence-corrected chi connectivity index (χ2v) is 6.08. The molecule has 2 atom stereocenters. The molecule has 2 aromatic carbocycles. The number of terminal acetylenes is 2. The number of ether oxygens (including phenoxy) is 2. The summed E-state index contributed by atoms with van der Waals surface area (Å²) in [4.78, 5) is 0. The zero-order chi connectivity index (χ0) is 16.4. The van der Waals surface area contributed by atoms with Gasteiger partial charge in [-0.3, -0.25) is 0 Å². The van der Waals surface area contributed by atoms with E-state index in [2.05, 4.69) is 56.0 Å². The third kappa shape index (κ3) is 2.73. The molecule has 0 fully saturated rings. The van der Waals surface area contributed by atoms with E-state index in [1.54, 1.807) is 0 Å². The Labute approximate surface area is 137 Å². The highest BCUT2D eigenvalue weighted by Crippen LogP contribution is 2.47. The van der Waals surface area contributed by atoms with Crippen LogP contribution in [0.15, 0.2) is 30.3 Å². The van der Waals surface area contributed by atoms with Crippen LogP contribution in [0.5, 0.6) is 0 Å².